The molecule has 3 aromatic heterocycles. The van der Waals surface area contributed by atoms with Crippen LogP contribution in [0.25, 0.3) is 16.8 Å². The minimum Gasteiger partial charge on any atom is -0.375 e. The van der Waals surface area contributed by atoms with Gasteiger partial charge in [0, 0.05) is 31.4 Å². The Labute approximate surface area is 232 Å². The number of aliphatic imine (C=N–C) groups is 1. The number of halogens is 2. The maximum absolute atomic E-state index is 12.4. The van der Waals surface area contributed by atoms with Gasteiger partial charge in [0.2, 0.25) is 12.4 Å². The van der Waals surface area contributed by atoms with E-state index in [2.05, 4.69) is 33.9 Å². The van der Waals surface area contributed by atoms with E-state index in [1.807, 2.05) is 55.0 Å². The van der Waals surface area contributed by atoms with Crippen LogP contribution in [-0.2, 0) is 4.74 Å². The smallest absolute Gasteiger partial charge is 0.241 e. The van der Waals surface area contributed by atoms with Gasteiger partial charge in [0.25, 0.3) is 0 Å². The van der Waals surface area contributed by atoms with Gasteiger partial charge in [-0.25, -0.2) is 18.3 Å². The molecule has 0 unspecified atom stereocenters. The molecule has 0 spiro atoms. The minimum atomic E-state index is -2.27. The van der Waals surface area contributed by atoms with Gasteiger partial charge >= 0.3 is 0 Å². The maximum Gasteiger partial charge on any atom is 0.241 e. The molecule has 1 aliphatic rings. The molecule has 214 valence electrons. The number of aromatic nitrogens is 4. The fraction of sp³-hybridized carbons (Fsp3) is 0.533. The van der Waals surface area contributed by atoms with Crippen LogP contribution in [0.5, 0.6) is 0 Å². The van der Waals surface area contributed by atoms with Crippen LogP contribution in [-0.4, -0.2) is 50.0 Å². The van der Waals surface area contributed by atoms with Crippen molar-refractivity contribution in [1.29, 1.82) is 0 Å². The molecular weight excluding hydrogens is 498 g/mol. The Morgan fingerprint density at radius 3 is 2.79 bits per heavy atom. The number of pyridine rings is 1. The molecule has 1 N–H and O–H groups in total. The van der Waals surface area contributed by atoms with Crippen molar-refractivity contribution in [3.8, 4) is 11.3 Å². The van der Waals surface area contributed by atoms with E-state index in [0.29, 0.717) is 24.8 Å². The summed E-state index contributed by atoms with van der Waals surface area (Å²) in [7, 11) is 0. The lowest BCUT2D eigenvalue weighted by molar-refractivity contribution is -0.0557. The summed E-state index contributed by atoms with van der Waals surface area (Å²) in [5.41, 5.74) is 4.92. The molecule has 4 rings (SSSR count). The van der Waals surface area contributed by atoms with Gasteiger partial charge in [-0.3, -0.25) is 9.98 Å². The Balaban J connectivity index is 0.00000280. The number of alkyl halides is 2. The number of nitrogens with zero attached hydrogens (tertiary/aromatic N) is 5. The molecule has 0 aromatic carbocycles. The highest BCUT2D eigenvalue weighted by molar-refractivity contribution is 5.85. The lowest BCUT2D eigenvalue weighted by Crippen LogP contribution is -2.38. The minimum absolute atomic E-state index is 0. The first kappa shape index (κ1) is 30.3. The fourth-order valence-electron chi connectivity index (χ4n) is 4.87. The second-order valence-electron chi connectivity index (χ2n) is 10.4. The number of fused-ring (bicyclic) bond motifs is 1. The molecule has 0 aliphatic heterocycles. The molecule has 9 heteroatoms. The molecular formula is C30H44F2N6O. The van der Waals surface area contributed by atoms with E-state index in [9.17, 15) is 8.78 Å². The lowest BCUT2D eigenvalue weighted by Gasteiger charge is -2.37. The number of aryl methyl sites for hydroxylation is 1. The number of hydrogen-bond donors (Lipinski definition) is 1. The quantitative estimate of drug-likeness (QED) is 0.142. The van der Waals surface area contributed by atoms with Crippen molar-refractivity contribution >= 4 is 22.9 Å². The van der Waals surface area contributed by atoms with Gasteiger partial charge in [0.05, 0.1) is 41.0 Å². The van der Waals surface area contributed by atoms with E-state index in [-0.39, 0.29) is 20.9 Å². The molecule has 1 fully saturated rings. The van der Waals surface area contributed by atoms with Gasteiger partial charge in [0.15, 0.2) is 0 Å². The summed E-state index contributed by atoms with van der Waals surface area (Å²) in [5, 5.41) is 8.18. The lowest BCUT2D eigenvalue weighted by atomic mass is 9.83. The molecule has 0 bridgehead atoms. The average Bonchev–Trinajstić information content (AvgIpc) is 3.30. The predicted molar refractivity (Wildman–Crippen MR) is 157 cm³/mol. The standard InChI is InChI=1S/C29H38F2N6O.CH4.H2/c1-5-6-18-38-29(4)15-12-22(13-16-29)35-28-32-19-26-23(14-17-37(26)36-28)25-11-10-24(21(3)34-25)33-20(2)8-7-9-27(30)31;;/h5,10-11,14,17,19,22,27H,1,6-9,12-13,15-16,18H2,2-4H3,(H,35,36);1H4;1H. The number of rotatable bonds is 12. The molecule has 3 heterocycles. The highest BCUT2D eigenvalue weighted by Gasteiger charge is 2.32. The number of anilines is 1. The third kappa shape index (κ3) is 8.14. The van der Waals surface area contributed by atoms with Crippen LogP contribution in [0, 0.1) is 6.92 Å². The summed E-state index contributed by atoms with van der Waals surface area (Å²) < 4.78 is 32.7. The van der Waals surface area contributed by atoms with Crippen LogP contribution < -0.4 is 5.32 Å². The van der Waals surface area contributed by atoms with E-state index >= 15 is 0 Å². The van der Waals surface area contributed by atoms with E-state index < -0.39 is 6.43 Å². The van der Waals surface area contributed by atoms with E-state index in [4.69, 9.17) is 9.72 Å². The molecule has 1 saturated carbocycles. The van der Waals surface area contributed by atoms with Gasteiger partial charge < -0.3 is 10.1 Å². The van der Waals surface area contributed by atoms with Crippen molar-refractivity contribution in [2.75, 3.05) is 11.9 Å². The Morgan fingerprint density at radius 2 is 2.10 bits per heavy atom. The third-order valence-corrected chi connectivity index (χ3v) is 7.17. The van der Waals surface area contributed by atoms with Crippen LogP contribution in [0.15, 0.2) is 48.2 Å². The first-order chi connectivity index (χ1) is 18.3. The van der Waals surface area contributed by atoms with Crippen LogP contribution in [0.3, 0.4) is 0 Å². The monoisotopic (exact) mass is 542 g/mol. The molecule has 1 aliphatic carbocycles. The molecule has 0 atom stereocenters. The molecule has 0 amide bonds. The van der Waals surface area contributed by atoms with Crippen molar-refractivity contribution in [2.45, 2.75) is 97.6 Å². The largest absolute Gasteiger partial charge is 0.375 e. The van der Waals surface area contributed by atoms with Gasteiger partial charge in [-0.15, -0.1) is 11.7 Å². The zero-order valence-corrected chi connectivity index (χ0v) is 22.6. The summed E-state index contributed by atoms with van der Waals surface area (Å²) >= 11 is 0. The summed E-state index contributed by atoms with van der Waals surface area (Å²) in [6.07, 6.45) is 9.13. The molecule has 39 heavy (non-hydrogen) atoms. The summed E-state index contributed by atoms with van der Waals surface area (Å²) in [5.74, 6) is 0.608. The van der Waals surface area contributed by atoms with Gasteiger partial charge in [0.1, 0.15) is 0 Å². The third-order valence-electron chi connectivity index (χ3n) is 7.17. The van der Waals surface area contributed by atoms with E-state index in [0.717, 1.165) is 72.6 Å². The summed E-state index contributed by atoms with van der Waals surface area (Å²) in [6.45, 7) is 10.5. The second-order valence-corrected chi connectivity index (χ2v) is 10.4. The Kier molecular flexibility index (Phi) is 10.7. The second kappa shape index (κ2) is 13.7. The Hall–Kier alpha value is -3.20. The predicted octanol–water partition coefficient (Wildman–Crippen LogP) is 8.22. The average molecular weight is 543 g/mol. The summed E-state index contributed by atoms with van der Waals surface area (Å²) in [4.78, 5) is 13.9. The van der Waals surface area contributed by atoms with Crippen molar-refractivity contribution in [3.63, 3.8) is 0 Å². The fourth-order valence-corrected chi connectivity index (χ4v) is 4.87. The topological polar surface area (TPSA) is 76.7 Å². The Morgan fingerprint density at radius 1 is 1.33 bits per heavy atom. The van der Waals surface area contributed by atoms with Gasteiger partial charge in [-0.05, 0) is 83.9 Å². The highest BCUT2D eigenvalue weighted by atomic mass is 19.3. The molecule has 7 nitrogen and oxygen atoms in total. The zero-order chi connectivity index (χ0) is 27.1. The van der Waals surface area contributed by atoms with Crippen molar-refractivity contribution in [2.24, 2.45) is 4.99 Å². The van der Waals surface area contributed by atoms with Crippen LogP contribution in [0.4, 0.5) is 20.4 Å². The van der Waals surface area contributed by atoms with E-state index in [1.54, 1.807) is 0 Å². The van der Waals surface area contributed by atoms with Crippen LogP contribution >= 0.6 is 0 Å². The van der Waals surface area contributed by atoms with Gasteiger partial charge in [-0.2, -0.15) is 0 Å². The Bertz CT molecular complexity index is 1270. The number of hydrogen-bond acceptors (Lipinski definition) is 6. The van der Waals surface area contributed by atoms with Crippen LogP contribution in [0.1, 0.15) is 79.8 Å². The highest BCUT2D eigenvalue weighted by Crippen LogP contribution is 2.33. The first-order valence-electron chi connectivity index (χ1n) is 13.4. The van der Waals surface area contributed by atoms with Crippen molar-refractivity contribution < 1.29 is 14.9 Å². The zero-order valence-electron chi connectivity index (χ0n) is 22.6. The van der Waals surface area contributed by atoms with Crippen molar-refractivity contribution in [3.05, 3.63) is 48.9 Å². The molecule has 0 saturated heterocycles. The maximum atomic E-state index is 12.4. The number of ether oxygens (including phenoxy) is 1. The molecule has 3 aromatic rings. The van der Waals surface area contributed by atoms with Crippen LogP contribution in [0.2, 0.25) is 0 Å². The normalized spacial score (nSPS) is 19.7. The van der Waals surface area contributed by atoms with Crippen molar-refractivity contribution in [1.82, 2.24) is 19.6 Å². The first-order valence-corrected chi connectivity index (χ1v) is 13.4. The molecule has 0 radical (unpaired) electrons. The SMILES string of the molecule is C.C=CCCOC1(C)CCC(Nc2ncc3c(-c4ccc(N=C(C)CCCC(F)F)c(C)n4)ccn3n2)CC1.[HH]. The number of nitrogens with one attached hydrogen (secondary N) is 1. The van der Waals surface area contributed by atoms with Gasteiger partial charge in [-0.1, -0.05) is 13.5 Å². The van der Waals surface area contributed by atoms with E-state index in [1.165, 1.54) is 0 Å². The summed E-state index contributed by atoms with van der Waals surface area (Å²) in [6, 6.07) is 6.15.